The molecule has 0 amide bonds. The summed E-state index contributed by atoms with van der Waals surface area (Å²) in [6.07, 6.45) is 1.61. The SMILES string of the molecule is CC(C)c1cc(C(C)C)c(/[Si]2=[Si](\c3c(C(C)C)cc(C(C)C)cc3C(C)C)C#CCc3ccccc3CC#C2)c(C(C)C)c1. The van der Waals surface area contributed by atoms with Crippen LogP contribution in [-0.4, -0.2) is 15.8 Å². The van der Waals surface area contributed by atoms with Crippen LogP contribution in [0.5, 0.6) is 0 Å². The van der Waals surface area contributed by atoms with Gasteiger partial charge in [-0.25, -0.2) is 0 Å². The Bertz CT molecular complexity index is 1490. The van der Waals surface area contributed by atoms with Gasteiger partial charge < -0.3 is 0 Å². The highest BCUT2D eigenvalue weighted by atomic mass is 28.9. The summed E-state index contributed by atoms with van der Waals surface area (Å²) in [6, 6.07) is 18.9. The largest absolute Gasteiger partial charge is 0.134 e. The second-order valence-electron chi connectivity index (χ2n) is 14.6. The fourth-order valence-electron chi connectivity index (χ4n) is 6.35. The highest BCUT2D eigenvalue weighted by Crippen LogP contribution is 2.28. The van der Waals surface area contributed by atoms with Gasteiger partial charge in [-0.2, -0.15) is 0 Å². The third-order valence-electron chi connectivity index (χ3n) is 9.12. The second kappa shape index (κ2) is 14.5. The Labute approximate surface area is 272 Å². The van der Waals surface area contributed by atoms with Crippen molar-refractivity contribution in [2.45, 2.75) is 131 Å². The predicted octanol–water partition coefficient (Wildman–Crippen LogP) is 9.49. The molecule has 0 nitrogen and oxygen atoms in total. The van der Waals surface area contributed by atoms with Gasteiger partial charge in [0.15, 0.2) is 0 Å². The lowest BCUT2D eigenvalue weighted by molar-refractivity contribution is 0.812. The fourth-order valence-corrected chi connectivity index (χ4v) is 15.0. The van der Waals surface area contributed by atoms with E-state index in [1.807, 2.05) is 0 Å². The van der Waals surface area contributed by atoms with E-state index in [1.165, 1.54) is 44.5 Å². The minimum Gasteiger partial charge on any atom is -0.106 e. The summed E-state index contributed by atoms with van der Waals surface area (Å²) < 4.78 is 0. The summed E-state index contributed by atoms with van der Waals surface area (Å²) in [4.78, 5) is 0. The van der Waals surface area contributed by atoms with Crippen molar-refractivity contribution in [3.63, 3.8) is 0 Å². The van der Waals surface area contributed by atoms with E-state index in [-0.39, 0.29) is 0 Å². The van der Waals surface area contributed by atoms with Crippen LogP contribution in [-0.2, 0) is 12.8 Å². The molecule has 1 aliphatic rings. The number of hydrogen-bond acceptors (Lipinski definition) is 0. The zero-order valence-corrected chi connectivity index (χ0v) is 31.5. The van der Waals surface area contributed by atoms with Crippen LogP contribution in [0.2, 0.25) is 0 Å². The first-order chi connectivity index (χ1) is 20.8. The Hall–Kier alpha value is -2.79. The number of rotatable bonds is 8. The molecule has 0 radical (unpaired) electrons. The van der Waals surface area contributed by atoms with Crippen LogP contribution in [0.4, 0.5) is 0 Å². The van der Waals surface area contributed by atoms with E-state index in [1.54, 1.807) is 10.4 Å². The number of hydrogen-bond donors (Lipinski definition) is 0. The van der Waals surface area contributed by atoms with Gasteiger partial charge in [0.1, 0.15) is 15.8 Å². The van der Waals surface area contributed by atoms with Gasteiger partial charge in [-0.15, -0.1) is 22.9 Å². The van der Waals surface area contributed by atoms with Crippen LogP contribution in [0.15, 0.2) is 48.5 Å². The maximum atomic E-state index is 4.10. The molecule has 0 fully saturated rings. The molecule has 0 atom stereocenters. The maximum absolute atomic E-state index is 4.10. The molecule has 0 N–H and O–H groups in total. The van der Waals surface area contributed by atoms with Crippen LogP contribution in [0, 0.1) is 22.9 Å². The van der Waals surface area contributed by atoms with Crippen molar-refractivity contribution in [3.05, 3.63) is 93.0 Å². The minimum absolute atomic E-state index is 0.435. The molecule has 1 aliphatic heterocycles. The average Bonchev–Trinajstić information content (AvgIpc) is 2.97. The monoisotopic (exact) mass is 614 g/mol. The molecule has 0 aliphatic carbocycles. The molecule has 3 aromatic carbocycles. The van der Waals surface area contributed by atoms with Gasteiger partial charge in [0.05, 0.1) is 0 Å². The predicted molar refractivity (Wildman–Crippen MR) is 198 cm³/mol. The fraction of sp³-hybridized carbons (Fsp3) is 0.476. The number of benzene rings is 3. The third-order valence-corrected chi connectivity index (χ3v) is 16.4. The van der Waals surface area contributed by atoms with E-state index >= 15 is 0 Å². The summed E-state index contributed by atoms with van der Waals surface area (Å²) in [5.41, 5.74) is 19.8. The molecule has 2 heteroatoms. The van der Waals surface area contributed by atoms with Crippen LogP contribution in [0.25, 0.3) is 0 Å². The van der Waals surface area contributed by atoms with E-state index in [9.17, 15) is 0 Å². The first-order valence-corrected chi connectivity index (χ1v) is 21.0. The Balaban J connectivity index is 2.26. The third kappa shape index (κ3) is 7.36. The minimum atomic E-state index is -1.38. The molecule has 3 aromatic rings. The van der Waals surface area contributed by atoms with Crippen molar-refractivity contribution in [2.24, 2.45) is 0 Å². The van der Waals surface area contributed by atoms with E-state index in [0.29, 0.717) is 35.5 Å². The summed E-state index contributed by atoms with van der Waals surface area (Å²) in [7, 11) is -2.76. The Morgan fingerprint density at radius 3 is 1.00 bits per heavy atom. The van der Waals surface area contributed by atoms with Gasteiger partial charge >= 0.3 is 0 Å². The first-order valence-electron chi connectivity index (χ1n) is 17.0. The van der Waals surface area contributed by atoms with Gasteiger partial charge in [0.25, 0.3) is 0 Å². The molecule has 0 bridgehead atoms. The second-order valence-corrected chi connectivity index (χ2v) is 20.6. The van der Waals surface area contributed by atoms with Crippen LogP contribution < -0.4 is 10.4 Å². The first kappa shape index (κ1) is 34.1. The van der Waals surface area contributed by atoms with E-state index in [0.717, 1.165) is 12.8 Å². The van der Waals surface area contributed by atoms with Crippen LogP contribution in [0.3, 0.4) is 0 Å². The Kier molecular flexibility index (Phi) is 11.3. The van der Waals surface area contributed by atoms with Crippen molar-refractivity contribution < 1.29 is 0 Å². The molecule has 0 saturated carbocycles. The molecule has 44 heavy (non-hydrogen) atoms. The summed E-state index contributed by atoms with van der Waals surface area (Å²) >= 11 is 0. The molecule has 1 heterocycles. The van der Waals surface area contributed by atoms with Crippen molar-refractivity contribution in [1.82, 2.24) is 0 Å². The average molecular weight is 615 g/mol. The molecular formula is C42H54Si2. The van der Waals surface area contributed by atoms with Crippen LogP contribution in [0.1, 0.15) is 163 Å². The highest BCUT2D eigenvalue weighted by molar-refractivity contribution is 7.15. The normalized spacial score (nSPS) is 15.1. The van der Waals surface area contributed by atoms with Gasteiger partial charge in [-0.3, -0.25) is 0 Å². The Morgan fingerprint density at radius 1 is 0.455 bits per heavy atom. The summed E-state index contributed by atoms with van der Waals surface area (Å²) in [5, 5.41) is 3.15. The molecule has 0 saturated heterocycles. The standard InChI is InChI=1S/C42H54Si2/c1-27(2)35-23-37(29(5)6)41(38(24-35)30(7)8)43-21-15-19-33-17-13-14-18-34(33)20-16-22-44(43)42-39(31(9)10)25-36(28(3)4)26-40(42)32(11)12/h13-14,17-18,23-32H,19-20H2,1-12H3/b44-43-. The molecule has 0 spiro atoms. The lowest BCUT2D eigenvalue weighted by Crippen LogP contribution is -2.44. The lowest BCUT2D eigenvalue weighted by Gasteiger charge is -2.26. The van der Waals surface area contributed by atoms with Gasteiger partial charge in [-0.05, 0) is 90.4 Å². The lowest BCUT2D eigenvalue weighted by atomic mass is 9.89. The van der Waals surface area contributed by atoms with Crippen LogP contribution >= 0.6 is 0 Å². The molecule has 0 aromatic heterocycles. The topological polar surface area (TPSA) is 0 Å². The molecular weight excluding hydrogens is 561 g/mol. The maximum Gasteiger partial charge on any atom is 0.134 e. The summed E-state index contributed by atoms with van der Waals surface area (Å²) in [5.74, 6) is 10.4. The van der Waals surface area contributed by atoms with Crippen molar-refractivity contribution >= 4 is 26.2 Å². The van der Waals surface area contributed by atoms with E-state index in [4.69, 9.17) is 0 Å². The Morgan fingerprint density at radius 2 is 0.750 bits per heavy atom. The van der Waals surface area contributed by atoms with E-state index < -0.39 is 15.8 Å². The quantitative estimate of drug-likeness (QED) is 0.175. The molecule has 0 unspecified atom stereocenters. The van der Waals surface area contributed by atoms with Crippen molar-refractivity contribution in [2.75, 3.05) is 0 Å². The van der Waals surface area contributed by atoms with Gasteiger partial charge in [-0.1, -0.05) is 132 Å². The zero-order chi connectivity index (χ0) is 32.3. The van der Waals surface area contributed by atoms with E-state index in [2.05, 4.69) is 155 Å². The summed E-state index contributed by atoms with van der Waals surface area (Å²) in [6.45, 7) is 28.4. The van der Waals surface area contributed by atoms with Gasteiger partial charge in [0, 0.05) is 12.8 Å². The smallest absolute Gasteiger partial charge is 0.106 e. The molecule has 4 rings (SSSR count). The zero-order valence-electron chi connectivity index (χ0n) is 29.5. The number of fused-ring (bicyclic) bond motifs is 1. The molecule has 230 valence electrons. The highest BCUT2D eigenvalue weighted by Gasteiger charge is 2.27. The van der Waals surface area contributed by atoms with Crippen molar-refractivity contribution in [1.29, 1.82) is 0 Å². The van der Waals surface area contributed by atoms with Crippen molar-refractivity contribution in [3.8, 4) is 22.9 Å². The van der Waals surface area contributed by atoms with Gasteiger partial charge in [0.2, 0.25) is 0 Å².